The first-order valence-corrected chi connectivity index (χ1v) is 6.30. The average molecular weight is 258 g/mol. The Bertz CT molecular complexity index is 634. The lowest BCUT2D eigenvalue weighted by Crippen LogP contribution is -2.05. The maximum Gasteiger partial charge on any atom is 0.182 e. The molecule has 0 fully saturated rings. The highest BCUT2D eigenvalue weighted by Gasteiger charge is 2.08. The number of aromatic amines is 1. The van der Waals surface area contributed by atoms with Crippen LogP contribution in [0.2, 0.25) is 0 Å². The molecule has 0 aliphatic rings. The lowest BCUT2D eigenvalue weighted by atomic mass is 10.5. The van der Waals surface area contributed by atoms with Gasteiger partial charge >= 0.3 is 0 Å². The first-order valence-electron chi connectivity index (χ1n) is 4.26. The number of hydrogen-bond donors (Lipinski definition) is 1. The Hall–Kier alpha value is -0.660. The van der Waals surface area contributed by atoms with Crippen LogP contribution in [0, 0.1) is 9.41 Å². The predicted octanol–water partition coefficient (Wildman–Crippen LogP) is 2.42. The second-order valence-electron chi connectivity index (χ2n) is 3.15. The molecule has 0 bridgehead atoms. The summed E-state index contributed by atoms with van der Waals surface area (Å²) in [5, 5.41) is 0.854. The van der Waals surface area contributed by atoms with Gasteiger partial charge in [0.05, 0.1) is 0 Å². The normalized spacial score (nSPS) is 11.1. The molecule has 0 saturated carbocycles. The lowest BCUT2D eigenvalue weighted by Gasteiger charge is -2.05. The summed E-state index contributed by atoms with van der Waals surface area (Å²) in [5.74, 6) is 0. The Labute approximate surface area is 101 Å². The van der Waals surface area contributed by atoms with E-state index in [1.807, 2.05) is 24.9 Å². The molecule has 0 saturated heterocycles. The van der Waals surface area contributed by atoms with Crippen LogP contribution in [0.5, 0.6) is 0 Å². The number of fused-ring (bicyclic) bond motifs is 1. The number of imidazole rings is 1. The molecule has 0 aromatic carbocycles. The zero-order valence-electron chi connectivity index (χ0n) is 8.57. The van der Waals surface area contributed by atoms with Crippen molar-refractivity contribution >= 4 is 47.4 Å². The van der Waals surface area contributed by atoms with Crippen LogP contribution in [0.3, 0.4) is 0 Å². The minimum atomic E-state index is 0.673. The lowest BCUT2D eigenvalue weighted by molar-refractivity contribution is 0.755. The number of rotatable bonds is 1. The molecular formula is C8H10N4S3. The van der Waals surface area contributed by atoms with E-state index in [0.717, 1.165) is 16.3 Å². The molecule has 15 heavy (non-hydrogen) atoms. The molecule has 2 heterocycles. The highest BCUT2D eigenvalue weighted by molar-refractivity contribution is 7.98. The molecule has 0 aliphatic carbocycles. The third kappa shape index (κ3) is 1.54. The van der Waals surface area contributed by atoms with Crippen LogP contribution in [0.25, 0.3) is 11.2 Å². The summed E-state index contributed by atoms with van der Waals surface area (Å²) in [6, 6.07) is 0. The van der Waals surface area contributed by atoms with Gasteiger partial charge in [0.15, 0.2) is 15.6 Å². The van der Waals surface area contributed by atoms with E-state index in [-0.39, 0.29) is 0 Å². The molecule has 0 radical (unpaired) electrons. The standard InChI is InChI=1S/C8H10N4S3/c1-11-5-4(9-7(10-5)15-3)6(13)12(2)8(11)14/h1-3H3,(H,9,10). The Morgan fingerprint density at radius 3 is 2.53 bits per heavy atom. The fourth-order valence-corrected chi connectivity index (χ4v) is 2.25. The summed E-state index contributed by atoms with van der Waals surface area (Å²) in [5.41, 5.74) is 1.68. The highest BCUT2D eigenvalue weighted by Crippen LogP contribution is 2.18. The minimum Gasteiger partial charge on any atom is -0.329 e. The Balaban J connectivity index is 3.04. The number of H-pyrrole nitrogens is 1. The monoisotopic (exact) mass is 258 g/mol. The molecule has 4 nitrogen and oxygen atoms in total. The summed E-state index contributed by atoms with van der Waals surface area (Å²) in [6.45, 7) is 0. The zero-order chi connectivity index (χ0) is 11.2. The van der Waals surface area contributed by atoms with Crippen molar-refractivity contribution in [3.05, 3.63) is 9.41 Å². The van der Waals surface area contributed by atoms with Crippen molar-refractivity contribution in [2.45, 2.75) is 5.16 Å². The third-order valence-corrected chi connectivity index (χ3v) is 3.87. The summed E-state index contributed by atoms with van der Waals surface area (Å²) in [4.78, 5) is 7.60. The number of aryl methyl sites for hydroxylation is 1. The maximum absolute atomic E-state index is 5.31. The summed E-state index contributed by atoms with van der Waals surface area (Å²) < 4.78 is 5.03. The zero-order valence-corrected chi connectivity index (χ0v) is 11.0. The van der Waals surface area contributed by atoms with Crippen molar-refractivity contribution in [3.8, 4) is 0 Å². The van der Waals surface area contributed by atoms with Crippen molar-refractivity contribution in [2.75, 3.05) is 6.26 Å². The van der Waals surface area contributed by atoms with Gasteiger partial charge < -0.3 is 14.1 Å². The van der Waals surface area contributed by atoms with Gasteiger partial charge in [-0.05, 0) is 18.5 Å². The van der Waals surface area contributed by atoms with E-state index in [9.17, 15) is 0 Å². The van der Waals surface area contributed by atoms with Crippen molar-refractivity contribution in [1.82, 2.24) is 19.1 Å². The summed E-state index contributed by atoms with van der Waals surface area (Å²) >= 11 is 12.1. The molecule has 0 amide bonds. The fraction of sp³-hybridized carbons (Fsp3) is 0.375. The minimum absolute atomic E-state index is 0.673. The van der Waals surface area contributed by atoms with Crippen molar-refractivity contribution < 1.29 is 0 Å². The van der Waals surface area contributed by atoms with Crippen molar-refractivity contribution in [2.24, 2.45) is 14.1 Å². The fourth-order valence-electron chi connectivity index (χ4n) is 1.40. The van der Waals surface area contributed by atoms with Gasteiger partial charge in [0.25, 0.3) is 0 Å². The van der Waals surface area contributed by atoms with Gasteiger partial charge in [-0.3, -0.25) is 0 Å². The highest BCUT2D eigenvalue weighted by atomic mass is 32.2. The van der Waals surface area contributed by atoms with Gasteiger partial charge in [0, 0.05) is 14.1 Å². The van der Waals surface area contributed by atoms with E-state index in [1.54, 1.807) is 16.3 Å². The molecule has 0 spiro atoms. The SMILES string of the molecule is CSc1nc2c([nH]1)c(=S)n(C)c(=S)n2C. The van der Waals surface area contributed by atoms with E-state index < -0.39 is 0 Å². The van der Waals surface area contributed by atoms with E-state index in [2.05, 4.69) is 9.97 Å². The molecular weight excluding hydrogens is 248 g/mol. The third-order valence-electron chi connectivity index (χ3n) is 2.27. The molecule has 2 aromatic rings. The van der Waals surface area contributed by atoms with Gasteiger partial charge in [0.2, 0.25) is 0 Å². The van der Waals surface area contributed by atoms with Crippen LogP contribution in [0.15, 0.2) is 5.16 Å². The average Bonchev–Trinajstić information content (AvgIpc) is 2.67. The molecule has 2 rings (SSSR count). The molecule has 0 unspecified atom stereocenters. The van der Waals surface area contributed by atoms with E-state index in [0.29, 0.717) is 9.41 Å². The molecule has 0 atom stereocenters. The summed E-state index contributed by atoms with van der Waals surface area (Å²) in [6.07, 6.45) is 1.97. The van der Waals surface area contributed by atoms with Crippen molar-refractivity contribution in [3.63, 3.8) is 0 Å². The molecule has 0 aliphatic heterocycles. The largest absolute Gasteiger partial charge is 0.329 e. The Morgan fingerprint density at radius 1 is 1.27 bits per heavy atom. The smallest absolute Gasteiger partial charge is 0.182 e. The van der Waals surface area contributed by atoms with Crippen LogP contribution in [0.4, 0.5) is 0 Å². The van der Waals surface area contributed by atoms with Crippen LogP contribution >= 0.6 is 36.2 Å². The number of nitrogens with one attached hydrogen (secondary N) is 1. The topological polar surface area (TPSA) is 38.5 Å². The molecule has 80 valence electrons. The predicted molar refractivity (Wildman–Crippen MR) is 67.5 cm³/mol. The van der Waals surface area contributed by atoms with Crippen molar-refractivity contribution in [1.29, 1.82) is 0 Å². The van der Waals surface area contributed by atoms with Gasteiger partial charge in [-0.1, -0.05) is 24.0 Å². The number of thioether (sulfide) groups is 1. The summed E-state index contributed by atoms with van der Waals surface area (Å²) in [7, 11) is 3.76. The van der Waals surface area contributed by atoms with Gasteiger partial charge in [-0.25, -0.2) is 4.98 Å². The van der Waals surface area contributed by atoms with Crippen LogP contribution in [-0.2, 0) is 14.1 Å². The Morgan fingerprint density at radius 2 is 1.93 bits per heavy atom. The Kier molecular flexibility index (Phi) is 2.70. The maximum atomic E-state index is 5.31. The second-order valence-corrected chi connectivity index (χ2v) is 4.70. The van der Waals surface area contributed by atoms with E-state index >= 15 is 0 Å². The number of aromatic nitrogens is 4. The van der Waals surface area contributed by atoms with Gasteiger partial charge in [0.1, 0.15) is 10.2 Å². The number of nitrogens with zero attached hydrogens (tertiary/aromatic N) is 3. The van der Waals surface area contributed by atoms with Gasteiger partial charge in [-0.15, -0.1) is 0 Å². The quantitative estimate of drug-likeness (QED) is 0.630. The molecule has 2 aromatic heterocycles. The number of hydrogen-bond acceptors (Lipinski definition) is 4. The van der Waals surface area contributed by atoms with Gasteiger partial charge in [-0.2, -0.15) is 0 Å². The first kappa shape index (κ1) is 10.8. The van der Waals surface area contributed by atoms with E-state index in [4.69, 9.17) is 24.4 Å². The second kappa shape index (κ2) is 3.73. The van der Waals surface area contributed by atoms with Crippen LogP contribution < -0.4 is 0 Å². The van der Waals surface area contributed by atoms with Crippen LogP contribution in [-0.4, -0.2) is 25.4 Å². The molecule has 1 N–H and O–H groups in total. The van der Waals surface area contributed by atoms with E-state index in [1.165, 1.54) is 0 Å². The first-order chi connectivity index (χ1) is 7.06. The van der Waals surface area contributed by atoms with Crippen LogP contribution in [0.1, 0.15) is 0 Å². The molecule has 7 heteroatoms.